The van der Waals surface area contributed by atoms with Crippen molar-refractivity contribution in [3.8, 4) is 0 Å². The minimum atomic E-state index is -0.520. The van der Waals surface area contributed by atoms with E-state index in [1.165, 1.54) is 11.1 Å². The Bertz CT molecular complexity index is 357. The highest BCUT2D eigenvalue weighted by molar-refractivity contribution is 5.28. The summed E-state index contributed by atoms with van der Waals surface area (Å²) in [5.74, 6) is 0. The first-order chi connectivity index (χ1) is 7.41. The van der Waals surface area contributed by atoms with Gasteiger partial charge in [-0.25, -0.2) is 0 Å². The fourth-order valence-corrected chi connectivity index (χ4v) is 2.41. The molecule has 0 unspecified atom stereocenters. The van der Waals surface area contributed by atoms with E-state index in [-0.39, 0.29) is 5.54 Å². The van der Waals surface area contributed by atoms with Crippen molar-refractivity contribution in [1.82, 2.24) is 0 Å². The van der Waals surface area contributed by atoms with Gasteiger partial charge in [0.2, 0.25) is 0 Å². The van der Waals surface area contributed by atoms with Crippen molar-refractivity contribution in [3.05, 3.63) is 35.4 Å². The van der Waals surface area contributed by atoms with E-state index in [4.69, 9.17) is 5.73 Å². The summed E-state index contributed by atoms with van der Waals surface area (Å²) in [5.41, 5.74) is 8.14. The second kappa shape index (κ2) is 3.86. The third kappa shape index (κ3) is 2.28. The van der Waals surface area contributed by atoms with Gasteiger partial charge in [0.05, 0.1) is 5.60 Å². The van der Waals surface area contributed by atoms with E-state index in [1.807, 2.05) is 6.92 Å². The summed E-state index contributed by atoms with van der Waals surface area (Å²) in [6.07, 6.45) is 3.31. The molecule has 2 heteroatoms. The maximum Gasteiger partial charge on any atom is 0.0621 e. The lowest BCUT2D eigenvalue weighted by Crippen LogP contribution is -2.45. The molecule has 1 aliphatic carbocycles. The van der Waals surface area contributed by atoms with Gasteiger partial charge < -0.3 is 10.8 Å². The molecule has 2 rings (SSSR count). The second-order valence-electron chi connectivity index (χ2n) is 5.52. The Labute approximate surface area is 97.5 Å². The van der Waals surface area contributed by atoms with Crippen LogP contribution < -0.4 is 5.73 Å². The maximum atomic E-state index is 9.94. The normalized spacial score (nSPS) is 35.0. The average Bonchev–Trinajstić information content (AvgIpc) is 2.24. The van der Waals surface area contributed by atoms with E-state index in [0.717, 1.165) is 25.7 Å². The van der Waals surface area contributed by atoms with Crippen LogP contribution in [0.4, 0.5) is 0 Å². The molecule has 0 bridgehead atoms. The molecular formula is C14H21NO. The molecule has 1 saturated carbocycles. The molecule has 0 heterocycles. The fourth-order valence-electron chi connectivity index (χ4n) is 2.41. The van der Waals surface area contributed by atoms with Gasteiger partial charge in [0, 0.05) is 5.54 Å². The number of benzene rings is 1. The molecular weight excluding hydrogens is 198 g/mol. The summed E-state index contributed by atoms with van der Waals surface area (Å²) in [5, 5.41) is 9.94. The van der Waals surface area contributed by atoms with Crippen LogP contribution in [-0.2, 0) is 5.54 Å². The quantitative estimate of drug-likeness (QED) is 0.762. The average molecular weight is 219 g/mol. The van der Waals surface area contributed by atoms with Crippen LogP contribution in [0.15, 0.2) is 24.3 Å². The van der Waals surface area contributed by atoms with Gasteiger partial charge in [0.15, 0.2) is 0 Å². The summed E-state index contributed by atoms with van der Waals surface area (Å²) < 4.78 is 0. The Kier molecular flexibility index (Phi) is 2.81. The predicted molar refractivity (Wildman–Crippen MR) is 66.1 cm³/mol. The maximum absolute atomic E-state index is 9.94. The zero-order valence-corrected chi connectivity index (χ0v) is 10.2. The van der Waals surface area contributed by atoms with Crippen LogP contribution in [0.2, 0.25) is 0 Å². The first kappa shape index (κ1) is 11.6. The van der Waals surface area contributed by atoms with Gasteiger partial charge in [-0.05, 0) is 45.1 Å². The Hall–Kier alpha value is -0.860. The molecule has 1 aromatic rings. The van der Waals surface area contributed by atoms with Crippen LogP contribution in [0.5, 0.6) is 0 Å². The van der Waals surface area contributed by atoms with E-state index in [9.17, 15) is 5.11 Å². The first-order valence-corrected chi connectivity index (χ1v) is 6.00. The lowest BCUT2D eigenvalue weighted by Gasteiger charge is -2.40. The first-order valence-electron chi connectivity index (χ1n) is 6.00. The van der Waals surface area contributed by atoms with E-state index in [0.29, 0.717) is 0 Å². The van der Waals surface area contributed by atoms with Crippen molar-refractivity contribution >= 4 is 0 Å². The Morgan fingerprint density at radius 1 is 1.06 bits per heavy atom. The largest absolute Gasteiger partial charge is 0.390 e. The lowest BCUT2D eigenvalue weighted by atomic mass is 9.72. The van der Waals surface area contributed by atoms with E-state index < -0.39 is 5.60 Å². The highest BCUT2D eigenvalue weighted by Crippen LogP contribution is 2.39. The molecule has 1 aromatic carbocycles. The summed E-state index contributed by atoms with van der Waals surface area (Å²) in [6, 6.07) is 8.46. The molecule has 16 heavy (non-hydrogen) atoms. The third-order valence-corrected chi connectivity index (χ3v) is 3.85. The monoisotopic (exact) mass is 219 g/mol. The van der Waals surface area contributed by atoms with E-state index >= 15 is 0 Å². The molecule has 0 aromatic heterocycles. The van der Waals surface area contributed by atoms with Crippen LogP contribution in [0.3, 0.4) is 0 Å². The molecule has 0 saturated heterocycles. The third-order valence-electron chi connectivity index (χ3n) is 3.85. The van der Waals surface area contributed by atoms with Gasteiger partial charge in [-0.2, -0.15) is 0 Å². The van der Waals surface area contributed by atoms with Crippen LogP contribution >= 0.6 is 0 Å². The van der Waals surface area contributed by atoms with Crippen LogP contribution in [-0.4, -0.2) is 10.7 Å². The SMILES string of the molecule is Cc1ccc(C2(N)CCC(C)(O)CC2)cc1. The van der Waals surface area contributed by atoms with Crippen molar-refractivity contribution in [2.24, 2.45) is 5.73 Å². The summed E-state index contributed by atoms with van der Waals surface area (Å²) >= 11 is 0. The highest BCUT2D eigenvalue weighted by Gasteiger charge is 2.37. The highest BCUT2D eigenvalue weighted by atomic mass is 16.3. The number of rotatable bonds is 1. The number of hydrogen-bond donors (Lipinski definition) is 2. The standard InChI is InChI=1S/C14H21NO/c1-11-3-5-12(6-4-11)14(15)9-7-13(2,16)8-10-14/h3-6,16H,7-10,15H2,1-2H3. The molecule has 1 fully saturated rings. The van der Waals surface area contributed by atoms with Crippen molar-refractivity contribution in [2.45, 2.75) is 50.7 Å². The zero-order valence-electron chi connectivity index (χ0n) is 10.2. The van der Waals surface area contributed by atoms with Gasteiger partial charge in [-0.15, -0.1) is 0 Å². The topological polar surface area (TPSA) is 46.2 Å². The smallest absolute Gasteiger partial charge is 0.0621 e. The summed E-state index contributed by atoms with van der Waals surface area (Å²) in [6.45, 7) is 3.99. The minimum Gasteiger partial charge on any atom is -0.390 e. The van der Waals surface area contributed by atoms with Gasteiger partial charge in [-0.3, -0.25) is 0 Å². The second-order valence-corrected chi connectivity index (χ2v) is 5.52. The molecule has 88 valence electrons. The molecule has 3 N–H and O–H groups in total. The zero-order chi connectivity index (χ0) is 11.8. The van der Waals surface area contributed by atoms with E-state index in [1.54, 1.807) is 0 Å². The summed E-state index contributed by atoms with van der Waals surface area (Å²) in [4.78, 5) is 0. The van der Waals surface area contributed by atoms with Crippen molar-refractivity contribution < 1.29 is 5.11 Å². The van der Waals surface area contributed by atoms with Crippen molar-refractivity contribution in [2.75, 3.05) is 0 Å². The van der Waals surface area contributed by atoms with Crippen LogP contribution in [0.25, 0.3) is 0 Å². The predicted octanol–water partition coefficient (Wildman–Crippen LogP) is 2.47. The van der Waals surface area contributed by atoms with Crippen LogP contribution in [0, 0.1) is 6.92 Å². The molecule has 0 radical (unpaired) electrons. The Balaban J connectivity index is 2.18. The summed E-state index contributed by atoms with van der Waals surface area (Å²) in [7, 11) is 0. The number of hydrogen-bond acceptors (Lipinski definition) is 2. The van der Waals surface area contributed by atoms with Gasteiger partial charge in [0.1, 0.15) is 0 Å². The lowest BCUT2D eigenvalue weighted by molar-refractivity contribution is 0.000905. The van der Waals surface area contributed by atoms with Crippen LogP contribution in [0.1, 0.15) is 43.7 Å². The van der Waals surface area contributed by atoms with Gasteiger partial charge in [0.25, 0.3) is 0 Å². The molecule has 0 atom stereocenters. The molecule has 0 aliphatic heterocycles. The number of aliphatic hydroxyl groups is 1. The van der Waals surface area contributed by atoms with Crippen molar-refractivity contribution in [3.63, 3.8) is 0 Å². The van der Waals surface area contributed by atoms with E-state index in [2.05, 4.69) is 31.2 Å². The molecule has 2 nitrogen and oxygen atoms in total. The molecule has 1 aliphatic rings. The van der Waals surface area contributed by atoms with Crippen molar-refractivity contribution in [1.29, 1.82) is 0 Å². The Morgan fingerprint density at radius 2 is 1.56 bits per heavy atom. The molecule has 0 amide bonds. The molecule has 0 spiro atoms. The van der Waals surface area contributed by atoms with Gasteiger partial charge in [-0.1, -0.05) is 29.8 Å². The Morgan fingerprint density at radius 3 is 2.06 bits per heavy atom. The minimum absolute atomic E-state index is 0.240. The fraction of sp³-hybridized carbons (Fsp3) is 0.571. The number of aryl methyl sites for hydroxylation is 1. The number of nitrogens with two attached hydrogens (primary N) is 1. The van der Waals surface area contributed by atoms with Gasteiger partial charge >= 0.3 is 0 Å².